The molecule has 2 aliphatic heterocycles. The van der Waals surface area contributed by atoms with Crippen molar-refractivity contribution in [3.63, 3.8) is 0 Å². The van der Waals surface area contributed by atoms with Crippen molar-refractivity contribution in [2.75, 3.05) is 50.1 Å². The van der Waals surface area contributed by atoms with Crippen molar-refractivity contribution in [2.45, 2.75) is 25.6 Å². The average molecular weight is 520 g/mol. The van der Waals surface area contributed by atoms with Crippen LogP contribution in [-0.4, -0.2) is 90.6 Å². The molecule has 2 aliphatic rings. The third-order valence-corrected chi connectivity index (χ3v) is 6.67. The van der Waals surface area contributed by atoms with Gasteiger partial charge in [0, 0.05) is 43.6 Å². The lowest BCUT2D eigenvalue weighted by molar-refractivity contribution is -0.150. The number of morpholine rings is 1. The predicted octanol–water partition coefficient (Wildman–Crippen LogP) is 1.45. The van der Waals surface area contributed by atoms with Gasteiger partial charge < -0.3 is 29.9 Å². The number of carbonyl (C=O) groups excluding carboxylic acids is 4. The normalized spacial score (nSPS) is 18.7. The minimum absolute atomic E-state index is 0.0141. The maximum atomic E-state index is 13.3. The number of piperazine rings is 1. The van der Waals surface area contributed by atoms with Crippen LogP contribution in [0.2, 0.25) is 0 Å². The van der Waals surface area contributed by atoms with E-state index in [1.807, 2.05) is 6.92 Å². The van der Waals surface area contributed by atoms with Crippen LogP contribution < -0.4 is 10.2 Å². The topological polar surface area (TPSA) is 124 Å². The first-order chi connectivity index (χ1) is 18.2. The molecule has 198 valence electrons. The molecular formula is C27H29N5O6. The first-order valence-corrected chi connectivity index (χ1v) is 12.3. The number of aliphatic hydroxyl groups excluding tert-OH is 1. The second kappa shape index (κ2) is 11.4. The van der Waals surface area contributed by atoms with Crippen molar-refractivity contribution in [1.29, 1.82) is 0 Å². The third-order valence-electron chi connectivity index (χ3n) is 6.67. The molecule has 2 saturated heterocycles. The highest BCUT2D eigenvalue weighted by Gasteiger charge is 2.39. The summed E-state index contributed by atoms with van der Waals surface area (Å²) in [6.07, 6.45) is -2.63. The molecule has 11 nitrogen and oxygen atoms in total. The van der Waals surface area contributed by atoms with Gasteiger partial charge in [0.15, 0.2) is 17.9 Å². The first-order valence-electron chi connectivity index (χ1n) is 12.3. The molecule has 2 fully saturated rings. The fourth-order valence-corrected chi connectivity index (χ4v) is 4.42. The van der Waals surface area contributed by atoms with E-state index in [0.717, 1.165) is 5.56 Å². The monoisotopic (exact) mass is 519 g/mol. The Morgan fingerprint density at radius 1 is 1.18 bits per heavy atom. The summed E-state index contributed by atoms with van der Waals surface area (Å²) in [5.74, 6) is -1.89. The van der Waals surface area contributed by atoms with Gasteiger partial charge in [-0.3, -0.25) is 19.2 Å². The van der Waals surface area contributed by atoms with Gasteiger partial charge in [0.1, 0.15) is 6.54 Å². The summed E-state index contributed by atoms with van der Waals surface area (Å²) in [4.78, 5) is 58.9. The van der Waals surface area contributed by atoms with Crippen LogP contribution in [0, 0.1) is 6.57 Å². The number of nitrogens with one attached hydrogen (secondary N) is 1. The summed E-state index contributed by atoms with van der Waals surface area (Å²) in [6, 6.07) is 11.3. The maximum Gasteiger partial charge on any atom is 0.259 e. The van der Waals surface area contributed by atoms with E-state index in [-0.39, 0.29) is 31.5 Å². The van der Waals surface area contributed by atoms with Crippen molar-refractivity contribution in [3.05, 3.63) is 65.0 Å². The van der Waals surface area contributed by atoms with Gasteiger partial charge in [-0.05, 0) is 42.3 Å². The fraction of sp³-hybridized carbons (Fsp3) is 0.370. The standard InChI is InChI=1S/C27H29N5O6/c1-4-17-14-19(8-9-21(17)28-2)29-25(35)23(34)24-27(37)32(12-13-38-24)20-7-5-6-18(15-20)26(36)31-11-10-30(3)22(33)16-31/h5-9,14-15,23-24,34H,4,10-13,16H2,1,3H3,(H,29,35)/t23-,24-/m1/s1. The lowest BCUT2D eigenvalue weighted by Crippen LogP contribution is -2.55. The van der Waals surface area contributed by atoms with E-state index in [9.17, 15) is 24.3 Å². The molecule has 0 aromatic heterocycles. The zero-order valence-corrected chi connectivity index (χ0v) is 21.2. The van der Waals surface area contributed by atoms with Gasteiger partial charge in [0.25, 0.3) is 17.7 Å². The summed E-state index contributed by atoms with van der Waals surface area (Å²) >= 11 is 0. The van der Waals surface area contributed by atoms with E-state index in [1.165, 1.54) is 9.80 Å². The molecule has 4 amide bonds. The Kier molecular flexibility index (Phi) is 8.05. The second-order valence-corrected chi connectivity index (χ2v) is 9.12. The van der Waals surface area contributed by atoms with E-state index < -0.39 is 24.0 Å². The number of hydrogen-bond donors (Lipinski definition) is 2. The Hall–Kier alpha value is -4.27. The molecule has 11 heteroatoms. The van der Waals surface area contributed by atoms with Crippen molar-refractivity contribution < 1.29 is 29.0 Å². The number of likely N-dealkylation sites (N-methyl/N-ethyl adjacent to an activating group) is 1. The summed E-state index contributed by atoms with van der Waals surface area (Å²) in [6.45, 7) is 10.2. The van der Waals surface area contributed by atoms with E-state index >= 15 is 0 Å². The van der Waals surface area contributed by atoms with Crippen LogP contribution in [0.1, 0.15) is 22.8 Å². The predicted molar refractivity (Wildman–Crippen MR) is 139 cm³/mol. The van der Waals surface area contributed by atoms with Gasteiger partial charge in [-0.15, -0.1) is 0 Å². The SMILES string of the molecule is [C-]#[N+]c1ccc(NC(=O)[C@H](O)[C@H]2OCCN(c3cccc(C(=O)N4CCN(C)C(=O)C4)c3)C2=O)cc1CC. The number of aliphatic hydroxyl groups is 1. The van der Waals surface area contributed by atoms with Crippen molar-refractivity contribution >= 4 is 40.7 Å². The molecule has 2 aromatic rings. The molecule has 0 bridgehead atoms. The molecule has 0 saturated carbocycles. The number of aryl methyl sites for hydroxylation is 1. The van der Waals surface area contributed by atoms with Crippen LogP contribution >= 0.6 is 0 Å². The minimum Gasteiger partial charge on any atom is -0.380 e. The minimum atomic E-state index is -1.78. The molecule has 4 rings (SSSR count). The molecule has 2 atom stereocenters. The molecule has 2 aromatic carbocycles. The van der Waals surface area contributed by atoms with Gasteiger partial charge >= 0.3 is 0 Å². The lowest BCUT2D eigenvalue weighted by Gasteiger charge is -2.34. The summed E-state index contributed by atoms with van der Waals surface area (Å²) in [5.41, 5.74) is 2.37. The number of rotatable bonds is 6. The van der Waals surface area contributed by atoms with Gasteiger partial charge in [0.05, 0.1) is 13.2 Å². The van der Waals surface area contributed by atoms with Crippen LogP contribution in [0.4, 0.5) is 17.1 Å². The fourth-order valence-electron chi connectivity index (χ4n) is 4.42. The first kappa shape index (κ1) is 26.8. The smallest absolute Gasteiger partial charge is 0.259 e. The molecule has 38 heavy (non-hydrogen) atoms. The average Bonchev–Trinajstić information content (AvgIpc) is 2.93. The molecule has 2 heterocycles. The largest absolute Gasteiger partial charge is 0.380 e. The van der Waals surface area contributed by atoms with Crippen molar-refractivity contribution in [3.8, 4) is 0 Å². The molecule has 0 unspecified atom stereocenters. The van der Waals surface area contributed by atoms with E-state index in [2.05, 4.69) is 10.2 Å². The van der Waals surface area contributed by atoms with Crippen LogP contribution in [-0.2, 0) is 25.5 Å². The van der Waals surface area contributed by atoms with Crippen LogP contribution in [0.15, 0.2) is 42.5 Å². The van der Waals surface area contributed by atoms with E-state index in [4.69, 9.17) is 11.3 Å². The number of amides is 4. The highest BCUT2D eigenvalue weighted by Crippen LogP contribution is 2.25. The Bertz CT molecular complexity index is 1310. The van der Waals surface area contributed by atoms with E-state index in [1.54, 1.807) is 54.4 Å². The Balaban J connectivity index is 1.46. The summed E-state index contributed by atoms with van der Waals surface area (Å²) in [7, 11) is 1.69. The molecule has 0 aliphatic carbocycles. The number of hydrogen-bond acceptors (Lipinski definition) is 6. The number of anilines is 2. The van der Waals surface area contributed by atoms with Gasteiger partial charge in [-0.2, -0.15) is 0 Å². The van der Waals surface area contributed by atoms with Crippen LogP contribution in [0.3, 0.4) is 0 Å². The van der Waals surface area contributed by atoms with Crippen molar-refractivity contribution in [2.24, 2.45) is 0 Å². The van der Waals surface area contributed by atoms with Crippen LogP contribution in [0.25, 0.3) is 4.85 Å². The van der Waals surface area contributed by atoms with E-state index in [0.29, 0.717) is 42.1 Å². The quantitative estimate of drug-likeness (QED) is 0.557. The highest BCUT2D eigenvalue weighted by molar-refractivity contribution is 6.05. The Labute approximate surface area is 220 Å². The zero-order chi connectivity index (χ0) is 27.4. The number of nitrogens with zero attached hydrogens (tertiary/aromatic N) is 4. The van der Waals surface area contributed by atoms with Crippen molar-refractivity contribution in [1.82, 2.24) is 9.80 Å². The zero-order valence-electron chi connectivity index (χ0n) is 21.2. The lowest BCUT2D eigenvalue weighted by atomic mass is 10.1. The second-order valence-electron chi connectivity index (χ2n) is 9.12. The Morgan fingerprint density at radius 3 is 2.68 bits per heavy atom. The van der Waals surface area contributed by atoms with Gasteiger partial charge in [-0.25, -0.2) is 4.85 Å². The number of carbonyl (C=O) groups is 4. The van der Waals surface area contributed by atoms with Gasteiger partial charge in [-0.1, -0.05) is 19.1 Å². The number of ether oxygens (including phenoxy) is 1. The maximum absolute atomic E-state index is 13.3. The molecular weight excluding hydrogens is 490 g/mol. The number of benzene rings is 2. The Morgan fingerprint density at radius 2 is 1.97 bits per heavy atom. The molecule has 0 spiro atoms. The summed E-state index contributed by atoms with van der Waals surface area (Å²) in [5, 5.41) is 13.3. The molecule has 0 radical (unpaired) electrons. The van der Waals surface area contributed by atoms with Gasteiger partial charge in [0.2, 0.25) is 5.91 Å². The third kappa shape index (κ3) is 5.51. The highest BCUT2D eigenvalue weighted by atomic mass is 16.5. The summed E-state index contributed by atoms with van der Waals surface area (Å²) < 4.78 is 5.48. The van der Waals surface area contributed by atoms with Crippen LogP contribution in [0.5, 0.6) is 0 Å². The molecule has 2 N–H and O–H groups in total.